The van der Waals surface area contributed by atoms with Gasteiger partial charge in [0.25, 0.3) is 0 Å². The first-order valence-electron chi connectivity index (χ1n) is 3.31. The van der Waals surface area contributed by atoms with Crippen LogP contribution in [0.15, 0.2) is 0 Å². The van der Waals surface area contributed by atoms with Crippen molar-refractivity contribution in [3.63, 3.8) is 0 Å². The predicted molar refractivity (Wildman–Crippen MR) is 37.7 cm³/mol. The minimum absolute atomic E-state index is 0.601. The van der Waals surface area contributed by atoms with Gasteiger partial charge in [0.05, 0.1) is 0 Å². The molecule has 0 fully saturated rings. The number of carbonyl (C=O) groups excluding carboxylic acids is 1. The number of methoxy groups -OCH3 is 2. The molecule has 0 N–H and O–H groups in total. The van der Waals surface area contributed by atoms with E-state index in [0.717, 1.165) is 6.42 Å². The first-order valence-corrected chi connectivity index (χ1v) is 3.31. The fourth-order valence-electron chi connectivity index (χ4n) is 0.791. The van der Waals surface area contributed by atoms with Crippen molar-refractivity contribution in [3.8, 4) is 0 Å². The lowest BCUT2D eigenvalue weighted by atomic mass is 10.2. The molecule has 0 aliphatic carbocycles. The van der Waals surface area contributed by atoms with Gasteiger partial charge in [0, 0.05) is 20.6 Å². The van der Waals surface area contributed by atoms with Crippen molar-refractivity contribution in [2.45, 2.75) is 25.6 Å². The van der Waals surface area contributed by atoms with Gasteiger partial charge in [-0.3, -0.25) is 4.79 Å². The Morgan fingerprint density at radius 1 is 1.40 bits per heavy atom. The van der Waals surface area contributed by atoms with Gasteiger partial charge in [-0.05, 0) is 0 Å². The molecule has 0 spiro atoms. The summed E-state index contributed by atoms with van der Waals surface area (Å²) in [5.74, 6) is -1.01. The molecule has 0 aromatic rings. The van der Waals surface area contributed by atoms with E-state index < -0.39 is 5.79 Å². The lowest BCUT2D eigenvalue weighted by Crippen LogP contribution is -2.35. The van der Waals surface area contributed by atoms with E-state index in [1.54, 1.807) is 0 Å². The summed E-state index contributed by atoms with van der Waals surface area (Å²) in [6.07, 6.45) is 2.15. The highest BCUT2D eigenvalue weighted by Crippen LogP contribution is 2.14. The zero-order valence-electron chi connectivity index (χ0n) is 6.72. The molecule has 0 aliphatic heterocycles. The van der Waals surface area contributed by atoms with Gasteiger partial charge in [-0.15, -0.1) is 0 Å². The van der Waals surface area contributed by atoms with Crippen molar-refractivity contribution < 1.29 is 14.3 Å². The van der Waals surface area contributed by atoms with Crippen LogP contribution in [0.25, 0.3) is 0 Å². The molecular weight excluding hydrogens is 132 g/mol. The summed E-state index contributed by atoms with van der Waals surface area (Å²) in [5.41, 5.74) is 0. The zero-order valence-corrected chi connectivity index (χ0v) is 6.72. The number of hydrogen-bond acceptors (Lipinski definition) is 3. The van der Waals surface area contributed by atoms with Crippen LogP contribution in [0.5, 0.6) is 0 Å². The number of rotatable bonds is 5. The van der Waals surface area contributed by atoms with E-state index in [4.69, 9.17) is 9.47 Å². The second-order valence-electron chi connectivity index (χ2n) is 2.09. The molecule has 10 heavy (non-hydrogen) atoms. The summed E-state index contributed by atoms with van der Waals surface area (Å²) >= 11 is 0. The van der Waals surface area contributed by atoms with E-state index in [1.807, 2.05) is 6.92 Å². The minimum atomic E-state index is -1.01. The van der Waals surface area contributed by atoms with Gasteiger partial charge in [0.1, 0.15) is 0 Å². The van der Waals surface area contributed by atoms with E-state index in [0.29, 0.717) is 12.7 Å². The molecule has 0 saturated heterocycles. The minimum Gasteiger partial charge on any atom is -0.347 e. The van der Waals surface area contributed by atoms with Crippen LogP contribution >= 0.6 is 0 Å². The first-order chi connectivity index (χ1) is 4.74. The molecule has 0 aliphatic rings. The molecule has 0 atom stereocenters. The van der Waals surface area contributed by atoms with Crippen molar-refractivity contribution in [1.82, 2.24) is 0 Å². The molecule has 0 unspecified atom stereocenters. The molecule has 0 saturated carbocycles. The van der Waals surface area contributed by atoms with Gasteiger partial charge in [0.15, 0.2) is 6.29 Å². The average molecular weight is 146 g/mol. The Labute approximate surface area is 61.3 Å². The summed E-state index contributed by atoms with van der Waals surface area (Å²) in [6.45, 7) is 1.97. The molecule has 3 heteroatoms. The largest absolute Gasteiger partial charge is 0.347 e. The molecule has 0 rings (SSSR count). The monoisotopic (exact) mass is 146 g/mol. The lowest BCUT2D eigenvalue weighted by Gasteiger charge is -2.23. The first kappa shape index (κ1) is 9.59. The van der Waals surface area contributed by atoms with Crippen LogP contribution in [0.1, 0.15) is 19.8 Å². The van der Waals surface area contributed by atoms with Crippen molar-refractivity contribution >= 4 is 6.29 Å². The maximum atomic E-state index is 10.4. The van der Waals surface area contributed by atoms with Crippen LogP contribution in [-0.4, -0.2) is 26.3 Å². The number of aldehydes is 1. The molecule has 0 aromatic carbocycles. The molecule has 0 aromatic heterocycles. The van der Waals surface area contributed by atoms with Gasteiger partial charge in [-0.1, -0.05) is 13.3 Å². The fraction of sp³-hybridized carbons (Fsp3) is 0.857. The average Bonchev–Trinajstić information content (AvgIpc) is 2.01. The van der Waals surface area contributed by atoms with Gasteiger partial charge >= 0.3 is 0 Å². The van der Waals surface area contributed by atoms with E-state index in [-0.39, 0.29) is 0 Å². The highest BCUT2D eigenvalue weighted by atomic mass is 16.7. The molecule has 0 amide bonds. The van der Waals surface area contributed by atoms with Crippen LogP contribution < -0.4 is 0 Å². The van der Waals surface area contributed by atoms with E-state index in [9.17, 15) is 4.79 Å². The van der Waals surface area contributed by atoms with E-state index >= 15 is 0 Å². The summed E-state index contributed by atoms with van der Waals surface area (Å²) in [4.78, 5) is 10.4. The van der Waals surface area contributed by atoms with Gasteiger partial charge < -0.3 is 9.47 Å². The molecule has 3 nitrogen and oxygen atoms in total. The summed E-state index contributed by atoms with van der Waals surface area (Å²) in [5, 5.41) is 0. The van der Waals surface area contributed by atoms with Crippen LogP contribution in [0, 0.1) is 0 Å². The third kappa shape index (κ3) is 2.08. The van der Waals surface area contributed by atoms with E-state index in [2.05, 4.69) is 0 Å². The Bertz CT molecular complexity index is 97.0. The molecule has 0 bridgehead atoms. The Balaban J connectivity index is 4.00. The molecule has 60 valence electrons. The Hall–Kier alpha value is -0.410. The van der Waals surface area contributed by atoms with Crippen LogP contribution in [0.3, 0.4) is 0 Å². The van der Waals surface area contributed by atoms with Gasteiger partial charge in [-0.25, -0.2) is 0 Å². The lowest BCUT2D eigenvalue weighted by molar-refractivity contribution is -0.198. The summed E-state index contributed by atoms with van der Waals surface area (Å²) in [7, 11) is 2.93. The quantitative estimate of drug-likeness (QED) is 0.428. The maximum Gasteiger partial charge on any atom is 0.225 e. The Morgan fingerprint density at radius 2 is 1.90 bits per heavy atom. The third-order valence-electron chi connectivity index (χ3n) is 1.47. The maximum absolute atomic E-state index is 10.4. The highest BCUT2D eigenvalue weighted by Gasteiger charge is 2.27. The SMILES string of the molecule is CCCC(C=O)(OC)OC. The molecule has 0 radical (unpaired) electrons. The number of ether oxygens (including phenoxy) is 2. The molecule has 0 heterocycles. The zero-order chi connectivity index (χ0) is 8.04. The van der Waals surface area contributed by atoms with Gasteiger partial charge in [-0.2, -0.15) is 0 Å². The topological polar surface area (TPSA) is 35.5 Å². The predicted octanol–water partition coefficient (Wildman–Crippen LogP) is 0.974. The summed E-state index contributed by atoms with van der Waals surface area (Å²) < 4.78 is 9.77. The normalized spacial score (nSPS) is 11.5. The van der Waals surface area contributed by atoms with Gasteiger partial charge in [0.2, 0.25) is 5.79 Å². The fourth-order valence-corrected chi connectivity index (χ4v) is 0.791. The number of carbonyl (C=O) groups is 1. The Kier molecular flexibility index (Phi) is 4.23. The van der Waals surface area contributed by atoms with Crippen molar-refractivity contribution in [3.05, 3.63) is 0 Å². The smallest absolute Gasteiger partial charge is 0.225 e. The van der Waals surface area contributed by atoms with Crippen molar-refractivity contribution in [2.24, 2.45) is 0 Å². The van der Waals surface area contributed by atoms with E-state index in [1.165, 1.54) is 14.2 Å². The number of hydrogen-bond donors (Lipinski definition) is 0. The third-order valence-corrected chi connectivity index (χ3v) is 1.47. The van der Waals surface area contributed by atoms with Crippen LogP contribution in [0.4, 0.5) is 0 Å². The van der Waals surface area contributed by atoms with Crippen molar-refractivity contribution in [2.75, 3.05) is 14.2 Å². The highest BCUT2D eigenvalue weighted by molar-refractivity contribution is 5.59. The molecular formula is C7H14O3. The summed E-state index contributed by atoms with van der Waals surface area (Å²) in [6, 6.07) is 0. The van der Waals surface area contributed by atoms with Crippen LogP contribution in [0.2, 0.25) is 0 Å². The van der Waals surface area contributed by atoms with Crippen molar-refractivity contribution in [1.29, 1.82) is 0 Å². The Morgan fingerprint density at radius 3 is 2.00 bits per heavy atom. The van der Waals surface area contributed by atoms with Crippen LogP contribution in [-0.2, 0) is 14.3 Å². The standard InChI is InChI=1S/C7H14O3/c1-4-5-7(6-8,9-2)10-3/h6H,4-5H2,1-3H3. The second kappa shape index (κ2) is 4.41. The second-order valence-corrected chi connectivity index (χ2v) is 2.09.